The van der Waals surface area contributed by atoms with Crippen molar-refractivity contribution in [3.05, 3.63) is 11.9 Å². The summed E-state index contributed by atoms with van der Waals surface area (Å²) in [4.78, 5) is 18.3. The maximum Gasteiger partial charge on any atom is 0.134 e. The van der Waals surface area contributed by atoms with Crippen molar-refractivity contribution in [1.29, 1.82) is 0 Å². The topological polar surface area (TPSA) is 79.2 Å². The third-order valence-electron chi connectivity index (χ3n) is 2.63. The van der Waals surface area contributed by atoms with E-state index in [2.05, 4.69) is 6.30 Å². The monoisotopic (exact) mass is 274 g/mol. The molecule has 4 atom stereocenters. The largest absolute Gasteiger partial charge is 0.387 e. The lowest BCUT2D eigenvalue weighted by atomic mass is 9.93. The highest BCUT2D eigenvalue weighted by molar-refractivity contribution is 7.65. The van der Waals surface area contributed by atoms with Crippen LogP contribution in [0.15, 0.2) is 11.9 Å². The molecule has 0 aromatic carbocycles. The Kier molecular flexibility index (Phi) is 6.11. The highest BCUT2D eigenvalue weighted by Crippen LogP contribution is 2.36. The molecule has 0 amide bonds. The molecule has 2 radical (unpaired) electrons. The summed E-state index contributed by atoms with van der Waals surface area (Å²) in [7, 11) is 2.45. The van der Waals surface area contributed by atoms with E-state index >= 15 is 0 Å². The first-order valence-electron chi connectivity index (χ1n) is 5.94. The summed E-state index contributed by atoms with van der Waals surface area (Å²) in [6, 6.07) is -0.721. The maximum atomic E-state index is 9.96. The second-order valence-corrected chi connectivity index (χ2v) is 6.24. The van der Waals surface area contributed by atoms with Crippen LogP contribution < -0.4 is 0 Å². The zero-order chi connectivity index (χ0) is 13.8. The first kappa shape index (κ1) is 16.0. The molecule has 1 saturated heterocycles. The van der Waals surface area contributed by atoms with Gasteiger partial charge in [0.1, 0.15) is 33.5 Å². The molecule has 0 aromatic rings. The van der Waals surface area contributed by atoms with Gasteiger partial charge in [-0.1, -0.05) is 13.3 Å². The molecule has 0 spiro atoms. The fourth-order valence-corrected chi connectivity index (χ4v) is 2.11. The number of aliphatic hydroxyl groups is 1. The van der Waals surface area contributed by atoms with Gasteiger partial charge in [0.2, 0.25) is 0 Å². The molecule has 3 N–H and O–H groups in total. The van der Waals surface area contributed by atoms with E-state index in [-0.39, 0.29) is 0 Å². The summed E-state index contributed by atoms with van der Waals surface area (Å²) in [6.45, 7) is 2.55. The van der Waals surface area contributed by atoms with Gasteiger partial charge in [0.05, 0.1) is 0 Å². The minimum Gasteiger partial charge on any atom is -0.387 e. The average Bonchev–Trinajstić information content (AvgIpc) is 2.53. The summed E-state index contributed by atoms with van der Waals surface area (Å²) >= 11 is 0. The number of rotatable bonds is 6. The predicted molar refractivity (Wildman–Crippen MR) is 72.7 cm³/mol. The number of aliphatic hydroxyl groups excluding tert-OH is 1. The molecule has 7 heteroatoms. The molecule has 0 saturated carbocycles. The van der Waals surface area contributed by atoms with E-state index in [1.54, 1.807) is 0 Å². The Labute approximate surface area is 109 Å². The van der Waals surface area contributed by atoms with Gasteiger partial charge in [0.15, 0.2) is 0 Å². The molecule has 0 aliphatic carbocycles. The van der Waals surface area contributed by atoms with Crippen LogP contribution >= 0.6 is 7.34 Å². The van der Waals surface area contributed by atoms with E-state index in [0.29, 0.717) is 6.61 Å². The van der Waals surface area contributed by atoms with Crippen LogP contribution in [0.4, 0.5) is 0 Å². The minimum atomic E-state index is -3.26. The summed E-state index contributed by atoms with van der Waals surface area (Å²) in [5.74, 6) is 1.14. The number of hydrogen-bond acceptors (Lipinski definition) is 5. The minimum absolute atomic E-state index is 0.512. The van der Waals surface area contributed by atoms with Gasteiger partial charge in [-0.15, -0.1) is 0 Å². The fraction of sp³-hybridized carbons (Fsp3) is 0.727. The molecule has 0 bridgehead atoms. The summed E-state index contributed by atoms with van der Waals surface area (Å²) in [5, 5.41) is 9.96. The number of ether oxygens (including phenoxy) is 2. The Morgan fingerprint density at radius 1 is 1.50 bits per heavy atom. The molecule has 1 aliphatic rings. The van der Waals surface area contributed by atoms with E-state index < -0.39 is 31.7 Å². The van der Waals surface area contributed by atoms with Gasteiger partial charge in [-0.05, 0) is 24.6 Å². The third-order valence-corrected chi connectivity index (χ3v) is 3.28. The SMILES string of the molecule is [B][C@@H]1O[C@H](/C=C/P(=C)(O)O)C(O)[C@@H]1OCCCC. The van der Waals surface area contributed by atoms with Crippen LogP contribution in [0.1, 0.15) is 19.8 Å². The smallest absolute Gasteiger partial charge is 0.134 e. The van der Waals surface area contributed by atoms with Crippen LogP contribution in [0.5, 0.6) is 0 Å². The van der Waals surface area contributed by atoms with Crippen molar-refractivity contribution in [2.75, 3.05) is 6.61 Å². The molecule has 1 fully saturated rings. The molecule has 1 rings (SSSR count). The van der Waals surface area contributed by atoms with Crippen molar-refractivity contribution in [2.45, 2.75) is 44.1 Å². The van der Waals surface area contributed by atoms with Gasteiger partial charge in [0, 0.05) is 12.6 Å². The average molecular weight is 274 g/mol. The van der Waals surface area contributed by atoms with Crippen molar-refractivity contribution < 1.29 is 24.4 Å². The van der Waals surface area contributed by atoms with Gasteiger partial charge < -0.3 is 24.4 Å². The Balaban J connectivity index is 2.55. The molecule has 5 nitrogen and oxygen atoms in total. The molecule has 1 heterocycles. The zero-order valence-electron chi connectivity index (χ0n) is 10.5. The van der Waals surface area contributed by atoms with Crippen molar-refractivity contribution in [3.63, 3.8) is 0 Å². The van der Waals surface area contributed by atoms with E-state index in [4.69, 9.17) is 27.1 Å². The lowest BCUT2D eigenvalue weighted by Gasteiger charge is -2.18. The van der Waals surface area contributed by atoms with Crippen molar-refractivity contribution in [1.82, 2.24) is 0 Å². The molecule has 1 unspecified atom stereocenters. The van der Waals surface area contributed by atoms with Crippen LogP contribution in [0.25, 0.3) is 0 Å². The number of hydrogen-bond donors (Lipinski definition) is 3. The maximum absolute atomic E-state index is 9.96. The molecule has 102 valence electrons. The van der Waals surface area contributed by atoms with E-state index in [1.807, 2.05) is 6.92 Å². The van der Waals surface area contributed by atoms with E-state index in [9.17, 15) is 5.11 Å². The molecular weight excluding hydrogens is 254 g/mol. The van der Waals surface area contributed by atoms with Crippen molar-refractivity contribution >= 4 is 21.5 Å². The van der Waals surface area contributed by atoms with Gasteiger partial charge in [-0.2, -0.15) is 0 Å². The van der Waals surface area contributed by atoms with Crippen LogP contribution in [0.2, 0.25) is 0 Å². The second kappa shape index (κ2) is 6.89. The van der Waals surface area contributed by atoms with Gasteiger partial charge in [-0.3, -0.25) is 0 Å². The van der Waals surface area contributed by atoms with Crippen LogP contribution in [-0.4, -0.2) is 60.0 Å². The van der Waals surface area contributed by atoms with Crippen LogP contribution in [0.3, 0.4) is 0 Å². The second-order valence-electron chi connectivity index (χ2n) is 4.37. The highest BCUT2D eigenvalue weighted by Gasteiger charge is 2.40. The highest BCUT2D eigenvalue weighted by atomic mass is 31.2. The summed E-state index contributed by atoms with van der Waals surface area (Å²) in [6.07, 6.45) is 4.22. The van der Waals surface area contributed by atoms with Crippen LogP contribution in [-0.2, 0) is 9.47 Å². The van der Waals surface area contributed by atoms with Crippen molar-refractivity contribution in [2.24, 2.45) is 0 Å². The van der Waals surface area contributed by atoms with Gasteiger partial charge >= 0.3 is 0 Å². The standard InChI is InChI=1S/C11H20BO5P/c1-3-4-6-16-10-9(13)8(17-11(10)12)5-7-18(2,14)15/h5,7-11,13-15H,2-4,6H2,1H3/b7-5+/t8-,9?,10+,11-/m1/s1. The lowest BCUT2D eigenvalue weighted by molar-refractivity contribution is -0.0203. The predicted octanol–water partition coefficient (Wildman–Crippen LogP) is 0.204. The lowest BCUT2D eigenvalue weighted by Crippen LogP contribution is -2.35. The van der Waals surface area contributed by atoms with E-state index in [0.717, 1.165) is 18.7 Å². The van der Waals surface area contributed by atoms with Gasteiger partial charge in [-0.25, -0.2) is 0 Å². The van der Waals surface area contributed by atoms with Gasteiger partial charge in [0.25, 0.3) is 0 Å². The molecule has 18 heavy (non-hydrogen) atoms. The Morgan fingerprint density at radius 2 is 2.17 bits per heavy atom. The Hall–Kier alpha value is -0.0951. The summed E-state index contributed by atoms with van der Waals surface area (Å²) in [5.41, 5.74) is 0. The molecule has 0 aromatic heterocycles. The first-order chi connectivity index (χ1) is 8.35. The van der Waals surface area contributed by atoms with E-state index in [1.165, 1.54) is 6.08 Å². The molecule has 1 aliphatic heterocycles. The quantitative estimate of drug-likeness (QED) is 0.366. The summed E-state index contributed by atoms with van der Waals surface area (Å²) < 4.78 is 10.8. The first-order valence-corrected chi connectivity index (χ1v) is 7.88. The Morgan fingerprint density at radius 3 is 2.72 bits per heavy atom. The molecular formula is C11H20BO5P. The van der Waals surface area contributed by atoms with Crippen molar-refractivity contribution in [3.8, 4) is 0 Å². The normalized spacial score (nSPS) is 33.3. The fourth-order valence-electron chi connectivity index (χ4n) is 1.66. The third kappa shape index (κ3) is 4.88. The number of unbranched alkanes of at least 4 members (excludes halogenated alkanes) is 1. The Bertz CT molecular complexity index is 329. The zero-order valence-corrected chi connectivity index (χ0v) is 11.4. The van der Waals surface area contributed by atoms with Crippen LogP contribution in [0, 0.1) is 0 Å².